The summed E-state index contributed by atoms with van der Waals surface area (Å²) in [5.41, 5.74) is 0.604. The van der Waals surface area contributed by atoms with E-state index < -0.39 is 5.54 Å². The van der Waals surface area contributed by atoms with Crippen LogP contribution in [0.4, 0.5) is 0 Å². The van der Waals surface area contributed by atoms with Crippen LogP contribution >= 0.6 is 0 Å². The number of fused-ring (bicyclic) bond motifs is 1. The first-order valence-corrected chi connectivity index (χ1v) is 14.2. The summed E-state index contributed by atoms with van der Waals surface area (Å²) in [6.07, 6.45) is 10.6. The lowest BCUT2D eigenvalue weighted by atomic mass is 9.87. The van der Waals surface area contributed by atoms with E-state index in [0.717, 1.165) is 87.8 Å². The molecule has 202 valence electrons. The average Bonchev–Trinajstić information content (AvgIpc) is 3.47. The number of hydrogen-bond donors (Lipinski definition) is 2. The molecule has 1 aromatic carbocycles. The van der Waals surface area contributed by atoms with Crippen molar-refractivity contribution in [3.63, 3.8) is 0 Å². The molecule has 2 heterocycles. The molecule has 2 amide bonds. The lowest BCUT2D eigenvalue weighted by Crippen LogP contribution is -2.48. The third-order valence-electron chi connectivity index (χ3n) is 7.76. The number of benzene rings is 1. The molecule has 0 spiro atoms. The smallest absolute Gasteiger partial charge is 0.244 e. The van der Waals surface area contributed by atoms with Crippen LogP contribution in [-0.2, 0) is 16.1 Å². The molecule has 2 N–H and O–H groups in total. The van der Waals surface area contributed by atoms with Gasteiger partial charge in [-0.3, -0.25) is 14.9 Å². The van der Waals surface area contributed by atoms with E-state index in [1.54, 1.807) is 0 Å². The van der Waals surface area contributed by atoms with E-state index in [4.69, 9.17) is 9.47 Å². The monoisotopic (exact) mass is 501 g/mol. The highest BCUT2D eigenvalue weighted by Gasteiger charge is 2.50. The number of carbonyl (C=O) groups is 2. The largest absolute Gasteiger partial charge is 0.454 e. The Balaban J connectivity index is 1.44. The van der Waals surface area contributed by atoms with Crippen LogP contribution in [0.5, 0.6) is 11.5 Å². The molecule has 7 heteroatoms. The molecule has 36 heavy (non-hydrogen) atoms. The number of ether oxygens (including phenoxy) is 2. The molecule has 0 aliphatic carbocycles. The van der Waals surface area contributed by atoms with Crippen molar-refractivity contribution in [1.82, 2.24) is 15.5 Å². The summed E-state index contributed by atoms with van der Waals surface area (Å²) in [6.45, 7) is 10.3. The first-order chi connectivity index (χ1) is 17.4. The van der Waals surface area contributed by atoms with Crippen molar-refractivity contribution in [2.75, 3.05) is 13.3 Å². The topological polar surface area (TPSA) is 79.9 Å². The van der Waals surface area contributed by atoms with E-state index in [2.05, 4.69) is 43.2 Å². The molecule has 1 saturated heterocycles. The summed E-state index contributed by atoms with van der Waals surface area (Å²) in [6, 6.07) is 5.74. The Bertz CT molecular complexity index is 851. The van der Waals surface area contributed by atoms with Gasteiger partial charge in [0.25, 0.3) is 0 Å². The maximum atomic E-state index is 13.7. The van der Waals surface area contributed by atoms with Crippen molar-refractivity contribution in [2.24, 2.45) is 5.92 Å². The third-order valence-corrected chi connectivity index (χ3v) is 7.76. The van der Waals surface area contributed by atoms with Gasteiger partial charge < -0.3 is 19.7 Å². The molecule has 2 unspecified atom stereocenters. The van der Waals surface area contributed by atoms with E-state index in [1.165, 1.54) is 0 Å². The lowest BCUT2D eigenvalue weighted by molar-refractivity contribution is -0.134. The standard InChI is InChI=1S/C29H47N3O4/c1-5-8-16-29(17-9-6-2)28(34)32(27(31-29)22(4)7-3)18-12-10-11-13-26(33)30-20-23-14-15-24-25(19-23)36-21-35-24/h14-15,19,22,27,31H,5-13,16-18,20-21H2,1-4H3,(H,30,33). The summed E-state index contributed by atoms with van der Waals surface area (Å²) in [5.74, 6) is 2.26. The van der Waals surface area contributed by atoms with E-state index in [9.17, 15) is 9.59 Å². The van der Waals surface area contributed by atoms with Crippen LogP contribution in [0.1, 0.15) is 104 Å². The zero-order chi connectivity index (χ0) is 26.0. The van der Waals surface area contributed by atoms with Gasteiger partial charge in [-0.15, -0.1) is 0 Å². The predicted octanol–water partition coefficient (Wildman–Crippen LogP) is 5.52. The van der Waals surface area contributed by atoms with Gasteiger partial charge in [0.2, 0.25) is 18.6 Å². The molecule has 0 bridgehead atoms. The first-order valence-electron chi connectivity index (χ1n) is 14.2. The number of carbonyl (C=O) groups excluding carboxylic acids is 2. The quantitative estimate of drug-likeness (QED) is 0.292. The second-order valence-corrected chi connectivity index (χ2v) is 10.5. The maximum absolute atomic E-state index is 13.7. The Kier molecular flexibility index (Phi) is 10.9. The number of unbranched alkanes of at least 4 members (excludes halogenated alkanes) is 4. The molecule has 2 aliphatic heterocycles. The van der Waals surface area contributed by atoms with Crippen LogP contribution in [0.2, 0.25) is 0 Å². The van der Waals surface area contributed by atoms with Crippen molar-refractivity contribution in [1.29, 1.82) is 0 Å². The molecule has 1 fully saturated rings. The van der Waals surface area contributed by atoms with Crippen molar-refractivity contribution >= 4 is 11.8 Å². The Hall–Kier alpha value is -2.28. The summed E-state index contributed by atoms with van der Waals surface area (Å²) < 4.78 is 10.7. The van der Waals surface area contributed by atoms with E-state index in [0.29, 0.717) is 24.8 Å². The van der Waals surface area contributed by atoms with Crippen LogP contribution in [0, 0.1) is 5.92 Å². The first kappa shape index (κ1) is 28.3. The van der Waals surface area contributed by atoms with Crippen LogP contribution < -0.4 is 20.1 Å². The van der Waals surface area contributed by atoms with Crippen LogP contribution in [0.3, 0.4) is 0 Å². The van der Waals surface area contributed by atoms with Gasteiger partial charge >= 0.3 is 0 Å². The Morgan fingerprint density at radius 3 is 2.50 bits per heavy atom. The molecule has 1 aromatic rings. The fourth-order valence-electron chi connectivity index (χ4n) is 5.26. The fraction of sp³-hybridized carbons (Fsp3) is 0.724. The molecular formula is C29H47N3O4. The van der Waals surface area contributed by atoms with Gasteiger partial charge in [0.05, 0.1) is 11.7 Å². The Morgan fingerprint density at radius 2 is 1.81 bits per heavy atom. The SMILES string of the molecule is CCCCC1(CCCC)NC(C(C)CC)N(CCCCCC(=O)NCc2ccc3c(c2)OCO3)C1=O. The molecule has 2 atom stereocenters. The van der Waals surface area contributed by atoms with Crippen molar-refractivity contribution in [3.8, 4) is 11.5 Å². The highest BCUT2D eigenvalue weighted by molar-refractivity contribution is 5.89. The Labute approximate surface area is 217 Å². The van der Waals surface area contributed by atoms with Crippen molar-refractivity contribution in [3.05, 3.63) is 23.8 Å². The molecule has 0 radical (unpaired) electrons. The van der Waals surface area contributed by atoms with Gasteiger partial charge in [-0.1, -0.05) is 72.3 Å². The van der Waals surface area contributed by atoms with Crippen LogP contribution in [-0.4, -0.2) is 41.8 Å². The molecule has 2 aliphatic rings. The van der Waals surface area contributed by atoms with Gasteiger partial charge in [0, 0.05) is 19.5 Å². The van der Waals surface area contributed by atoms with Crippen LogP contribution in [0.25, 0.3) is 0 Å². The third kappa shape index (κ3) is 7.15. The maximum Gasteiger partial charge on any atom is 0.244 e. The second kappa shape index (κ2) is 13.9. The summed E-state index contributed by atoms with van der Waals surface area (Å²) in [7, 11) is 0. The van der Waals surface area contributed by atoms with E-state index in [1.807, 2.05) is 18.2 Å². The zero-order valence-corrected chi connectivity index (χ0v) is 22.9. The average molecular weight is 502 g/mol. The Morgan fingerprint density at radius 1 is 1.08 bits per heavy atom. The summed E-state index contributed by atoms with van der Waals surface area (Å²) in [4.78, 5) is 28.2. The molecular weight excluding hydrogens is 454 g/mol. The number of rotatable bonds is 16. The van der Waals surface area contributed by atoms with Gasteiger partial charge in [-0.2, -0.15) is 0 Å². The second-order valence-electron chi connectivity index (χ2n) is 10.5. The number of nitrogens with one attached hydrogen (secondary N) is 2. The fourth-order valence-corrected chi connectivity index (χ4v) is 5.26. The normalized spacial score (nSPS) is 19.1. The summed E-state index contributed by atoms with van der Waals surface area (Å²) in [5, 5.41) is 6.83. The number of hydrogen-bond acceptors (Lipinski definition) is 5. The van der Waals surface area contributed by atoms with Gasteiger partial charge in [-0.05, 0) is 49.3 Å². The molecule has 0 saturated carbocycles. The number of nitrogens with zero attached hydrogens (tertiary/aromatic N) is 1. The zero-order valence-electron chi connectivity index (χ0n) is 22.9. The predicted molar refractivity (Wildman–Crippen MR) is 143 cm³/mol. The number of amides is 2. The highest BCUT2D eigenvalue weighted by atomic mass is 16.7. The van der Waals surface area contributed by atoms with Crippen molar-refractivity contribution < 1.29 is 19.1 Å². The van der Waals surface area contributed by atoms with Gasteiger partial charge in [0.1, 0.15) is 0 Å². The molecule has 7 nitrogen and oxygen atoms in total. The minimum Gasteiger partial charge on any atom is -0.454 e. The minimum absolute atomic E-state index is 0.0576. The van der Waals surface area contributed by atoms with E-state index >= 15 is 0 Å². The van der Waals surface area contributed by atoms with Crippen molar-refractivity contribution in [2.45, 2.75) is 117 Å². The van der Waals surface area contributed by atoms with E-state index in [-0.39, 0.29) is 18.9 Å². The summed E-state index contributed by atoms with van der Waals surface area (Å²) >= 11 is 0. The van der Waals surface area contributed by atoms with Gasteiger partial charge in [-0.25, -0.2) is 0 Å². The van der Waals surface area contributed by atoms with Gasteiger partial charge in [0.15, 0.2) is 11.5 Å². The molecule has 0 aromatic heterocycles. The molecule has 3 rings (SSSR count). The minimum atomic E-state index is -0.394. The van der Waals surface area contributed by atoms with Crippen LogP contribution in [0.15, 0.2) is 18.2 Å². The lowest BCUT2D eigenvalue weighted by Gasteiger charge is -2.29. The highest BCUT2D eigenvalue weighted by Crippen LogP contribution is 2.34.